The van der Waals surface area contributed by atoms with Gasteiger partial charge in [0.2, 0.25) is 0 Å². The number of halogens is 6. The first-order valence-electron chi connectivity index (χ1n) is 11.5. The van der Waals surface area contributed by atoms with E-state index in [2.05, 4.69) is 30.8 Å². The van der Waals surface area contributed by atoms with Crippen LogP contribution in [-0.2, 0) is 28.2 Å². The first kappa shape index (κ1) is 34.2. The molecular formula is C25H34Cl2F4N2O4S. The molecule has 2 aromatic carbocycles. The highest BCUT2D eigenvalue weighted by Crippen LogP contribution is 2.31. The molecule has 0 bridgehead atoms. The summed E-state index contributed by atoms with van der Waals surface area (Å²) in [6.07, 6.45) is -5.81. The summed E-state index contributed by atoms with van der Waals surface area (Å²) in [5.41, 5.74) is 7.11. The topological polar surface area (TPSA) is 102 Å². The van der Waals surface area contributed by atoms with E-state index >= 15 is 0 Å². The van der Waals surface area contributed by atoms with Crippen LogP contribution < -0.4 is 15.8 Å². The van der Waals surface area contributed by atoms with Gasteiger partial charge in [0, 0.05) is 18.5 Å². The number of nitrogens with two attached hydrogens (primary N) is 1. The van der Waals surface area contributed by atoms with Crippen LogP contribution in [-0.4, -0.2) is 50.0 Å². The number of anilines is 1. The molecule has 0 radical (unpaired) electrons. The highest BCUT2D eigenvalue weighted by Gasteiger charge is 2.39. The molecule has 2 aromatic rings. The van der Waals surface area contributed by atoms with Crippen LogP contribution in [0.1, 0.15) is 37.5 Å². The third kappa shape index (κ3) is 9.44. The van der Waals surface area contributed by atoms with Crippen LogP contribution in [0, 0.1) is 11.7 Å². The van der Waals surface area contributed by atoms with Crippen molar-refractivity contribution in [3.05, 3.63) is 58.9 Å². The molecule has 13 heteroatoms. The average Bonchev–Trinajstić information content (AvgIpc) is 2.75. The Morgan fingerprint density at radius 2 is 1.74 bits per heavy atom. The average molecular weight is 606 g/mol. The predicted octanol–water partition coefficient (Wildman–Crippen LogP) is 4.60. The monoisotopic (exact) mass is 604 g/mol. The Bertz CT molecular complexity index is 1190. The molecule has 1 heterocycles. The lowest BCUT2D eigenvalue weighted by Gasteiger charge is -2.35. The molecule has 0 saturated carbocycles. The quantitative estimate of drug-likeness (QED) is 0.315. The number of sulfone groups is 1. The van der Waals surface area contributed by atoms with Gasteiger partial charge in [-0.3, -0.25) is 0 Å². The maximum atomic E-state index is 14.3. The molecule has 0 spiro atoms. The van der Waals surface area contributed by atoms with Crippen molar-refractivity contribution >= 4 is 40.3 Å². The second kappa shape index (κ2) is 13.0. The summed E-state index contributed by atoms with van der Waals surface area (Å²) in [4.78, 5) is 0. The van der Waals surface area contributed by atoms with Gasteiger partial charge in [-0.15, -0.1) is 24.8 Å². The van der Waals surface area contributed by atoms with E-state index in [0.717, 1.165) is 23.3 Å². The molecule has 1 saturated heterocycles. The number of benzene rings is 2. The van der Waals surface area contributed by atoms with Crippen molar-refractivity contribution in [2.24, 2.45) is 5.92 Å². The molecule has 4 N–H and O–H groups in total. The summed E-state index contributed by atoms with van der Waals surface area (Å²) in [6, 6.07) is 9.26. The van der Waals surface area contributed by atoms with Crippen LogP contribution in [0.2, 0.25) is 0 Å². The molecule has 3 atom stereocenters. The van der Waals surface area contributed by atoms with E-state index in [0.29, 0.717) is 6.54 Å². The van der Waals surface area contributed by atoms with Gasteiger partial charge in [0.05, 0.1) is 17.6 Å². The van der Waals surface area contributed by atoms with Gasteiger partial charge < -0.3 is 20.9 Å². The number of hydrogen-bond donors (Lipinski definition) is 3. The molecular weight excluding hydrogens is 571 g/mol. The van der Waals surface area contributed by atoms with Gasteiger partial charge in [-0.1, -0.05) is 45.0 Å². The predicted molar refractivity (Wildman–Crippen MR) is 144 cm³/mol. The fraction of sp³-hybridized carbons (Fsp3) is 0.520. The Morgan fingerprint density at radius 1 is 1.08 bits per heavy atom. The van der Waals surface area contributed by atoms with E-state index in [-0.39, 0.29) is 53.7 Å². The van der Waals surface area contributed by atoms with Gasteiger partial charge in [-0.25, -0.2) is 12.8 Å². The standard InChI is InChI=1S/C25H32F4N2O4S.2ClH/c1-24(2,3)18-6-4-5-15(8-18)11-31-20-13-36(33,34)12-17(23(20)32)7-16-9-19(26)22(30)21(10-16)35-14-25(27,28)29;;/h4-6,8-10,17,20,23,31-32H,7,11-14,30H2,1-3H3;2*1H/t17-,20+,23+;;/m1../s1. The summed E-state index contributed by atoms with van der Waals surface area (Å²) in [5.74, 6) is -2.87. The molecule has 1 aliphatic rings. The number of aliphatic hydroxyl groups is 1. The van der Waals surface area contributed by atoms with E-state index in [1.54, 1.807) is 0 Å². The van der Waals surface area contributed by atoms with E-state index in [1.165, 1.54) is 0 Å². The minimum atomic E-state index is -4.64. The highest BCUT2D eigenvalue weighted by atomic mass is 35.5. The summed E-state index contributed by atoms with van der Waals surface area (Å²) in [6.45, 7) is 4.94. The van der Waals surface area contributed by atoms with E-state index in [9.17, 15) is 31.1 Å². The minimum Gasteiger partial charge on any atom is -0.482 e. The van der Waals surface area contributed by atoms with Gasteiger partial charge in [0.25, 0.3) is 0 Å². The smallest absolute Gasteiger partial charge is 0.422 e. The van der Waals surface area contributed by atoms with Crippen LogP contribution in [0.15, 0.2) is 36.4 Å². The number of alkyl halides is 3. The number of hydrogen-bond acceptors (Lipinski definition) is 6. The molecule has 0 aliphatic carbocycles. The molecule has 38 heavy (non-hydrogen) atoms. The molecule has 216 valence electrons. The Morgan fingerprint density at radius 3 is 2.34 bits per heavy atom. The number of ether oxygens (including phenoxy) is 1. The summed E-state index contributed by atoms with van der Waals surface area (Å²) in [5, 5.41) is 14.1. The number of aliphatic hydroxyl groups excluding tert-OH is 1. The molecule has 1 fully saturated rings. The minimum absolute atomic E-state index is 0. The van der Waals surface area contributed by atoms with Crippen molar-refractivity contribution in [3.8, 4) is 5.75 Å². The number of nitrogens with one attached hydrogen (secondary N) is 1. The SMILES string of the molecule is CC(C)(C)c1cccc(CN[C@H]2CS(=O)(=O)C[C@@H](Cc3cc(F)c(N)c(OCC(F)(F)F)c3)[C@@H]2O)c1.Cl.Cl. The van der Waals surface area contributed by atoms with E-state index in [4.69, 9.17) is 5.73 Å². The maximum absolute atomic E-state index is 14.3. The molecule has 0 aromatic heterocycles. The first-order valence-corrected chi connectivity index (χ1v) is 13.3. The Balaban J connectivity index is 0.00000361. The Labute approximate surface area is 233 Å². The van der Waals surface area contributed by atoms with Crippen molar-refractivity contribution in [2.45, 2.75) is 57.5 Å². The van der Waals surface area contributed by atoms with Crippen LogP contribution in [0.25, 0.3) is 0 Å². The lowest BCUT2D eigenvalue weighted by Crippen LogP contribution is -2.54. The Hall–Kier alpha value is -1.79. The fourth-order valence-electron chi connectivity index (χ4n) is 4.30. The number of rotatable bonds is 7. The normalized spacial score (nSPS) is 21.2. The van der Waals surface area contributed by atoms with Crippen LogP contribution in [0.4, 0.5) is 23.2 Å². The molecule has 6 nitrogen and oxygen atoms in total. The summed E-state index contributed by atoms with van der Waals surface area (Å²) < 4.78 is 81.8. The fourth-order valence-corrected chi connectivity index (χ4v) is 6.26. The zero-order chi connectivity index (χ0) is 26.9. The third-order valence-corrected chi connectivity index (χ3v) is 8.00. The third-order valence-electron chi connectivity index (χ3n) is 6.20. The van der Waals surface area contributed by atoms with Crippen LogP contribution >= 0.6 is 24.8 Å². The summed E-state index contributed by atoms with van der Waals surface area (Å²) >= 11 is 0. The Kier molecular flexibility index (Phi) is 11.8. The molecule has 1 aliphatic heterocycles. The van der Waals surface area contributed by atoms with Crippen molar-refractivity contribution < 1.29 is 35.8 Å². The van der Waals surface area contributed by atoms with Gasteiger partial charge in [0.15, 0.2) is 16.4 Å². The van der Waals surface area contributed by atoms with E-state index in [1.807, 2.05) is 24.3 Å². The van der Waals surface area contributed by atoms with Crippen LogP contribution in [0.5, 0.6) is 5.75 Å². The van der Waals surface area contributed by atoms with Gasteiger partial charge in [-0.05, 0) is 40.7 Å². The van der Waals surface area contributed by atoms with Crippen molar-refractivity contribution in [1.82, 2.24) is 5.32 Å². The summed E-state index contributed by atoms with van der Waals surface area (Å²) in [7, 11) is -3.55. The van der Waals surface area contributed by atoms with Crippen LogP contribution in [0.3, 0.4) is 0 Å². The molecule has 3 rings (SSSR count). The van der Waals surface area contributed by atoms with Crippen molar-refractivity contribution in [3.63, 3.8) is 0 Å². The maximum Gasteiger partial charge on any atom is 0.422 e. The second-order valence-corrected chi connectivity index (χ2v) is 12.5. The van der Waals surface area contributed by atoms with Crippen molar-refractivity contribution in [2.75, 3.05) is 23.8 Å². The zero-order valence-electron chi connectivity index (χ0n) is 21.2. The van der Waals surface area contributed by atoms with Gasteiger partial charge in [0.1, 0.15) is 17.3 Å². The second-order valence-electron chi connectivity index (χ2n) is 10.4. The molecule has 0 unspecified atom stereocenters. The first-order chi connectivity index (χ1) is 16.5. The van der Waals surface area contributed by atoms with Gasteiger partial charge in [-0.2, -0.15) is 13.2 Å². The molecule has 0 amide bonds. The van der Waals surface area contributed by atoms with E-state index < -0.39 is 57.9 Å². The highest BCUT2D eigenvalue weighted by molar-refractivity contribution is 7.91. The lowest BCUT2D eigenvalue weighted by atomic mass is 9.86. The lowest BCUT2D eigenvalue weighted by molar-refractivity contribution is -0.153. The van der Waals surface area contributed by atoms with Gasteiger partial charge >= 0.3 is 6.18 Å². The van der Waals surface area contributed by atoms with Crippen molar-refractivity contribution in [1.29, 1.82) is 0 Å². The number of nitrogen functional groups attached to an aromatic ring is 1. The largest absolute Gasteiger partial charge is 0.482 e. The zero-order valence-corrected chi connectivity index (χ0v) is 23.7.